The quantitative estimate of drug-likeness (QED) is 0.335. The van der Waals surface area contributed by atoms with Crippen LogP contribution in [0.3, 0.4) is 0 Å². The molecule has 4 aromatic heterocycles. The van der Waals surface area contributed by atoms with Gasteiger partial charge in [0.25, 0.3) is 11.5 Å². The fourth-order valence-corrected chi connectivity index (χ4v) is 4.51. The summed E-state index contributed by atoms with van der Waals surface area (Å²) in [5, 5.41) is 17.3. The molecule has 0 aliphatic rings. The lowest BCUT2D eigenvalue weighted by atomic mass is 9.96. The van der Waals surface area contributed by atoms with Gasteiger partial charge in [-0.05, 0) is 30.3 Å². The number of hydrogen-bond acceptors (Lipinski definition) is 8. The van der Waals surface area contributed by atoms with Crippen molar-refractivity contribution in [1.29, 1.82) is 5.26 Å². The molecule has 0 amide bonds. The Kier molecular flexibility index (Phi) is 7.38. The summed E-state index contributed by atoms with van der Waals surface area (Å²) in [7, 11) is 0. The van der Waals surface area contributed by atoms with Gasteiger partial charge in [0.15, 0.2) is 0 Å². The second-order valence-corrected chi connectivity index (χ2v) is 11.1. The smallest absolute Gasteiger partial charge is 0.268 e. The first-order chi connectivity index (χ1) is 17.6. The number of hydrogen-bond donors (Lipinski definition) is 1. The SMILES string of the molecule is CC(C)(C)C(=O)n1nc(-c2cc(C#N)c(=O)n(CC(=O)c3ccccn3)c2)cc1NCc1ccc(Cl)s1. The minimum absolute atomic E-state index is 0.147. The van der Waals surface area contributed by atoms with Gasteiger partial charge in [-0.15, -0.1) is 11.3 Å². The summed E-state index contributed by atoms with van der Waals surface area (Å²) in [6.07, 6.45) is 2.95. The maximum Gasteiger partial charge on any atom is 0.268 e. The Hall–Kier alpha value is -4.07. The third kappa shape index (κ3) is 5.85. The third-order valence-electron chi connectivity index (χ3n) is 5.38. The van der Waals surface area contributed by atoms with Crippen LogP contribution in [0.5, 0.6) is 0 Å². The predicted molar refractivity (Wildman–Crippen MR) is 142 cm³/mol. The van der Waals surface area contributed by atoms with Crippen LogP contribution in [0, 0.1) is 16.7 Å². The lowest BCUT2D eigenvalue weighted by Gasteiger charge is -2.18. The Balaban J connectivity index is 1.74. The second kappa shape index (κ2) is 10.5. The summed E-state index contributed by atoms with van der Waals surface area (Å²) < 4.78 is 3.10. The number of carbonyl (C=O) groups excluding carboxylic acids is 2. The topological polar surface area (TPSA) is 123 Å². The minimum atomic E-state index is -0.725. The fourth-order valence-electron chi connectivity index (χ4n) is 3.48. The Morgan fingerprint density at radius 2 is 1.97 bits per heavy atom. The minimum Gasteiger partial charge on any atom is -0.365 e. The number of thiophene rings is 1. The highest BCUT2D eigenvalue weighted by atomic mass is 35.5. The van der Waals surface area contributed by atoms with Gasteiger partial charge in [-0.1, -0.05) is 38.4 Å². The molecular formula is C26H23ClN6O3S. The van der Waals surface area contributed by atoms with E-state index in [9.17, 15) is 19.6 Å². The number of nitriles is 1. The number of Topliss-reactive ketones (excluding diaryl/α,β-unsaturated/α-hetero) is 1. The molecule has 0 aliphatic carbocycles. The molecule has 0 saturated heterocycles. The Bertz CT molecular complexity index is 1570. The molecule has 0 bridgehead atoms. The highest BCUT2D eigenvalue weighted by molar-refractivity contribution is 7.16. The van der Waals surface area contributed by atoms with Crippen LogP contribution in [-0.4, -0.2) is 31.0 Å². The zero-order valence-electron chi connectivity index (χ0n) is 20.4. The molecule has 4 rings (SSSR count). The van der Waals surface area contributed by atoms with Crippen molar-refractivity contribution in [2.45, 2.75) is 33.9 Å². The van der Waals surface area contributed by atoms with Crippen LogP contribution in [0.15, 0.2) is 59.7 Å². The molecule has 0 aliphatic heterocycles. The number of pyridine rings is 2. The Morgan fingerprint density at radius 1 is 1.19 bits per heavy atom. The number of aromatic nitrogens is 4. The van der Waals surface area contributed by atoms with Gasteiger partial charge in [-0.3, -0.25) is 19.4 Å². The monoisotopic (exact) mass is 534 g/mol. The van der Waals surface area contributed by atoms with E-state index in [4.69, 9.17) is 11.6 Å². The summed E-state index contributed by atoms with van der Waals surface area (Å²) in [5.74, 6) is -0.181. The summed E-state index contributed by atoms with van der Waals surface area (Å²) in [6, 6.07) is 13.6. The fraction of sp³-hybridized carbons (Fsp3) is 0.231. The van der Waals surface area contributed by atoms with Crippen LogP contribution >= 0.6 is 22.9 Å². The Labute approximate surface area is 222 Å². The molecule has 4 aromatic rings. The van der Waals surface area contributed by atoms with Gasteiger partial charge in [0.2, 0.25) is 5.78 Å². The first-order valence-electron chi connectivity index (χ1n) is 11.3. The standard InChI is InChI=1S/C26H23ClN6O3S/c1-26(2,3)25(36)33-23(30-13-18-7-8-22(27)37-18)11-20(31-33)17-10-16(12-28)24(35)32(14-17)15-21(34)19-6-4-5-9-29-19/h4-11,14,30H,13,15H2,1-3H3. The van der Waals surface area contributed by atoms with Crippen molar-refractivity contribution in [3.8, 4) is 17.3 Å². The van der Waals surface area contributed by atoms with E-state index in [2.05, 4.69) is 15.4 Å². The average Bonchev–Trinajstić information content (AvgIpc) is 3.49. The van der Waals surface area contributed by atoms with Crippen LogP contribution in [0.1, 0.15) is 46.5 Å². The molecule has 9 nitrogen and oxygen atoms in total. The third-order valence-corrected chi connectivity index (χ3v) is 6.61. The lowest BCUT2D eigenvalue weighted by molar-refractivity contribution is 0.0752. The second-order valence-electron chi connectivity index (χ2n) is 9.27. The molecule has 0 radical (unpaired) electrons. The van der Waals surface area contributed by atoms with Gasteiger partial charge in [-0.25, -0.2) is 0 Å². The molecule has 0 atom stereocenters. The molecule has 1 N–H and O–H groups in total. The number of anilines is 1. The molecule has 0 unspecified atom stereocenters. The van der Waals surface area contributed by atoms with Gasteiger partial charge < -0.3 is 9.88 Å². The largest absolute Gasteiger partial charge is 0.365 e. The Morgan fingerprint density at radius 3 is 2.59 bits per heavy atom. The highest BCUT2D eigenvalue weighted by Gasteiger charge is 2.27. The van der Waals surface area contributed by atoms with Crippen LogP contribution in [-0.2, 0) is 13.1 Å². The van der Waals surface area contributed by atoms with E-state index in [1.54, 1.807) is 51.1 Å². The zero-order chi connectivity index (χ0) is 26.7. The predicted octanol–water partition coefficient (Wildman–Crippen LogP) is 4.87. The first-order valence-corrected chi connectivity index (χ1v) is 12.5. The number of halogens is 1. The number of nitrogens with one attached hydrogen (secondary N) is 1. The van der Waals surface area contributed by atoms with E-state index in [1.165, 1.54) is 34.5 Å². The van der Waals surface area contributed by atoms with E-state index in [0.29, 0.717) is 28.0 Å². The van der Waals surface area contributed by atoms with Crippen LogP contribution < -0.4 is 10.9 Å². The number of carbonyl (C=O) groups is 2. The molecule has 0 spiro atoms. The van der Waals surface area contributed by atoms with Gasteiger partial charge in [0.05, 0.1) is 23.1 Å². The van der Waals surface area contributed by atoms with E-state index in [-0.39, 0.29) is 29.5 Å². The normalized spacial score (nSPS) is 11.2. The van der Waals surface area contributed by atoms with Crippen molar-refractivity contribution in [3.63, 3.8) is 0 Å². The number of nitrogens with zero attached hydrogens (tertiary/aromatic N) is 5. The van der Waals surface area contributed by atoms with Crippen molar-refractivity contribution in [2.75, 3.05) is 5.32 Å². The van der Waals surface area contributed by atoms with Gasteiger partial charge >= 0.3 is 0 Å². The molecule has 0 fully saturated rings. The molecule has 188 valence electrons. The van der Waals surface area contributed by atoms with Crippen molar-refractivity contribution in [2.24, 2.45) is 5.41 Å². The number of rotatable bonds is 7. The number of ketones is 1. The summed E-state index contributed by atoms with van der Waals surface area (Å²) in [4.78, 5) is 43.7. The van der Waals surface area contributed by atoms with E-state index < -0.39 is 11.0 Å². The molecule has 37 heavy (non-hydrogen) atoms. The van der Waals surface area contributed by atoms with Crippen LogP contribution in [0.25, 0.3) is 11.3 Å². The van der Waals surface area contributed by atoms with E-state index in [0.717, 1.165) is 9.44 Å². The van der Waals surface area contributed by atoms with Crippen molar-refractivity contribution < 1.29 is 9.59 Å². The molecule has 11 heteroatoms. The van der Waals surface area contributed by atoms with Crippen molar-refractivity contribution >= 4 is 40.4 Å². The molecular weight excluding hydrogens is 512 g/mol. The zero-order valence-corrected chi connectivity index (χ0v) is 21.9. The van der Waals surface area contributed by atoms with Crippen molar-refractivity contribution in [1.82, 2.24) is 19.3 Å². The van der Waals surface area contributed by atoms with E-state index >= 15 is 0 Å². The van der Waals surface area contributed by atoms with Crippen LogP contribution in [0.4, 0.5) is 5.82 Å². The molecule has 0 saturated carbocycles. The molecule has 4 heterocycles. The summed E-state index contributed by atoms with van der Waals surface area (Å²) in [5.41, 5.74) is -0.497. The molecule has 0 aromatic carbocycles. The summed E-state index contributed by atoms with van der Waals surface area (Å²) in [6.45, 7) is 5.48. The van der Waals surface area contributed by atoms with Crippen molar-refractivity contribution in [3.05, 3.63) is 85.7 Å². The van der Waals surface area contributed by atoms with Gasteiger partial charge in [0, 0.05) is 34.3 Å². The maximum atomic E-state index is 13.2. The first kappa shape index (κ1) is 26.0. The van der Waals surface area contributed by atoms with E-state index in [1.807, 2.05) is 12.1 Å². The summed E-state index contributed by atoms with van der Waals surface area (Å²) >= 11 is 7.46. The highest BCUT2D eigenvalue weighted by Crippen LogP contribution is 2.27. The van der Waals surface area contributed by atoms with Gasteiger partial charge in [-0.2, -0.15) is 15.0 Å². The van der Waals surface area contributed by atoms with Gasteiger partial charge in [0.1, 0.15) is 23.1 Å². The van der Waals surface area contributed by atoms with Crippen LogP contribution in [0.2, 0.25) is 4.34 Å². The average molecular weight is 535 g/mol. The maximum absolute atomic E-state index is 13.2. The lowest BCUT2D eigenvalue weighted by Crippen LogP contribution is -2.29.